The number of hydrogen-bond donors (Lipinski definition) is 3. The molecule has 2 amide bonds. The molecule has 6 heteroatoms. The van der Waals surface area contributed by atoms with Crippen molar-refractivity contribution in [1.29, 1.82) is 0 Å². The Kier molecular flexibility index (Phi) is 6.03. The topological polar surface area (TPSA) is 64.6 Å². The minimum Gasteiger partial charge on any atom is -0.388 e. The molecule has 0 radical (unpaired) electrons. The Balaban J connectivity index is 1.39. The lowest BCUT2D eigenvalue weighted by molar-refractivity contribution is -0.0287. The van der Waals surface area contributed by atoms with Crippen LogP contribution in [0.4, 0.5) is 10.5 Å². The summed E-state index contributed by atoms with van der Waals surface area (Å²) >= 11 is 2.03. The van der Waals surface area contributed by atoms with Crippen molar-refractivity contribution in [3.8, 4) is 0 Å². The standard InChI is InChI=1S/C18H27N3O2S/c22-17(19-14-18(23)7-1-8-18)20-16-4-2-15(3-5-16)6-9-21-10-12-24-13-11-21/h2-5,23H,1,6-14H2,(H2,19,20,22). The van der Waals surface area contributed by atoms with Gasteiger partial charge in [0.05, 0.1) is 5.60 Å². The second kappa shape index (κ2) is 8.23. The van der Waals surface area contributed by atoms with E-state index < -0.39 is 5.60 Å². The maximum Gasteiger partial charge on any atom is 0.319 e. The Bertz CT molecular complexity index is 540. The normalized spacial score (nSPS) is 20.2. The number of aliphatic hydroxyl groups is 1. The van der Waals surface area contributed by atoms with Crippen LogP contribution in [0, 0.1) is 0 Å². The average Bonchev–Trinajstić information content (AvgIpc) is 2.59. The lowest BCUT2D eigenvalue weighted by Crippen LogP contribution is -2.48. The number of anilines is 1. The number of rotatable bonds is 6. The molecule has 0 spiro atoms. The predicted octanol–water partition coefficient (Wildman–Crippen LogP) is 2.31. The van der Waals surface area contributed by atoms with Crippen LogP contribution in [-0.2, 0) is 6.42 Å². The zero-order valence-corrected chi connectivity index (χ0v) is 14.9. The van der Waals surface area contributed by atoms with Gasteiger partial charge in [0.1, 0.15) is 0 Å². The summed E-state index contributed by atoms with van der Waals surface area (Å²) in [5.74, 6) is 2.49. The molecule has 3 rings (SSSR count). The number of carbonyl (C=O) groups is 1. The Morgan fingerprint density at radius 3 is 2.54 bits per heavy atom. The van der Waals surface area contributed by atoms with Crippen LogP contribution in [0.1, 0.15) is 24.8 Å². The summed E-state index contributed by atoms with van der Waals surface area (Å²) in [7, 11) is 0. The number of amides is 2. The first kappa shape index (κ1) is 17.6. The van der Waals surface area contributed by atoms with Crippen LogP contribution >= 0.6 is 11.8 Å². The van der Waals surface area contributed by atoms with Crippen molar-refractivity contribution < 1.29 is 9.90 Å². The van der Waals surface area contributed by atoms with E-state index in [2.05, 4.69) is 27.7 Å². The van der Waals surface area contributed by atoms with E-state index in [0.717, 1.165) is 37.9 Å². The molecule has 2 aliphatic rings. The first-order valence-electron chi connectivity index (χ1n) is 8.79. The van der Waals surface area contributed by atoms with Gasteiger partial charge in [-0.25, -0.2) is 4.79 Å². The van der Waals surface area contributed by atoms with Crippen molar-refractivity contribution in [2.24, 2.45) is 0 Å². The molecule has 0 aromatic heterocycles. The average molecular weight is 350 g/mol. The van der Waals surface area contributed by atoms with Crippen LogP contribution in [0.25, 0.3) is 0 Å². The predicted molar refractivity (Wildman–Crippen MR) is 99.7 cm³/mol. The van der Waals surface area contributed by atoms with E-state index in [1.54, 1.807) is 0 Å². The molecule has 1 aliphatic carbocycles. The van der Waals surface area contributed by atoms with Crippen LogP contribution in [0.3, 0.4) is 0 Å². The SMILES string of the molecule is O=C(NCC1(O)CCC1)Nc1ccc(CCN2CCSCC2)cc1. The summed E-state index contributed by atoms with van der Waals surface area (Å²) < 4.78 is 0. The highest BCUT2D eigenvalue weighted by molar-refractivity contribution is 7.99. The molecule has 1 aromatic rings. The van der Waals surface area contributed by atoms with Gasteiger partial charge in [-0.3, -0.25) is 0 Å². The lowest BCUT2D eigenvalue weighted by atomic mass is 9.80. The van der Waals surface area contributed by atoms with Gasteiger partial charge < -0.3 is 20.6 Å². The van der Waals surface area contributed by atoms with Crippen molar-refractivity contribution in [2.45, 2.75) is 31.3 Å². The molecule has 2 fully saturated rings. The molecule has 1 saturated carbocycles. The molecule has 1 aliphatic heterocycles. The third-order valence-corrected chi connectivity index (χ3v) is 5.84. The third kappa shape index (κ3) is 5.13. The van der Waals surface area contributed by atoms with Gasteiger partial charge >= 0.3 is 6.03 Å². The van der Waals surface area contributed by atoms with Crippen LogP contribution in [0.15, 0.2) is 24.3 Å². The number of urea groups is 1. The summed E-state index contributed by atoms with van der Waals surface area (Å²) in [6, 6.07) is 7.79. The molecular formula is C18H27N3O2S. The summed E-state index contributed by atoms with van der Waals surface area (Å²) in [6.45, 7) is 3.81. The quantitative estimate of drug-likeness (QED) is 0.737. The number of carbonyl (C=O) groups excluding carboxylic acids is 1. The maximum absolute atomic E-state index is 11.9. The fraction of sp³-hybridized carbons (Fsp3) is 0.611. The molecule has 1 saturated heterocycles. The van der Waals surface area contributed by atoms with Crippen LogP contribution < -0.4 is 10.6 Å². The van der Waals surface area contributed by atoms with Crippen molar-refractivity contribution in [1.82, 2.24) is 10.2 Å². The molecule has 0 unspecified atom stereocenters. The molecule has 0 bridgehead atoms. The second-order valence-electron chi connectivity index (χ2n) is 6.79. The van der Waals surface area contributed by atoms with Crippen molar-refractivity contribution >= 4 is 23.5 Å². The highest BCUT2D eigenvalue weighted by Crippen LogP contribution is 2.30. The largest absolute Gasteiger partial charge is 0.388 e. The van der Waals surface area contributed by atoms with E-state index >= 15 is 0 Å². The van der Waals surface area contributed by atoms with Gasteiger partial charge in [0.2, 0.25) is 0 Å². The smallest absolute Gasteiger partial charge is 0.319 e. The van der Waals surface area contributed by atoms with E-state index in [1.165, 1.54) is 30.2 Å². The fourth-order valence-electron chi connectivity index (χ4n) is 3.05. The first-order chi connectivity index (χ1) is 11.6. The minimum atomic E-state index is -0.686. The van der Waals surface area contributed by atoms with Crippen molar-refractivity contribution in [3.05, 3.63) is 29.8 Å². The van der Waals surface area contributed by atoms with Gasteiger partial charge in [-0.1, -0.05) is 12.1 Å². The number of benzene rings is 1. The number of hydrogen-bond acceptors (Lipinski definition) is 4. The highest BCUT2D eigenvalue weighted by atomic mass is 32.2. The molecule has 3 N–H and O–H groups in total. The molecule has 0 atom stereocenters. The van der Waals surface area contributed by atoms with Gasteiger partial charge in [0.15, 0.2) is 0 Å². The Labute approximate surface area is 148 Å². The third-order valence-electron chi connectivity index (χ3n) is 4.89. The van der Waals surface area contributed by atoms with Crippen molar-refractivity contribution in [3.63, 3.8) is 0 Å². The second-order valence-corrected chi connectivity index (χ2v) is 8.01. The van der Waals surface area contributed by atoms with Gasteiger partial charge in [-0.05, 0) is 43.4 Å². The number of thioether (sulfide) groups is 1. The Morgan fingerprint density at radius 1 is 1.21 bits per heavy atom. The highest BCUT2D eigenvalue weighted by Gasteiger charge is 2.34. The van der Waals surface area contributed by atoms with E-state index in [9.17, 15) is 9.90 Å². The first-order valence-corrected chi connectivity index (χ1v) is 9.95. The summed E-state index contributed by atoms with van der Waals surface area (Å²) in [5.41, 5.74) is 1.39. The monoisotopic (exact) mass is 349 g/mol. The van der Waals surface area contributed by atoms with Gasteiger partial charge in [-0.2, -0.15) is 11.8 Å². The van der Waals surface area contributed by atoms with Gasteiger partial charge in [0, 0.05) is 43.4 Å². The number of nitrogens with one attached hydrogen (secondary N) is 2. The van der Waals surface area contributed by atoms with Gasteiger partial charge in [0.25, 0.3) is 0 Å². The summed E-state index contributed by atoms with van der Waals surface area (Å²) in [6.07, 6.45) is 3.64. The zero-order valence-electron chi connectivity index (χ0n) is 14.1. The van der Waals surface area contributed by atoms with E-state index in [1.807, 2.05) is 23.9 Å². The van der Waals surface area contributed by atoms with Crippen LogP contribution in [0.2, 0.25) is 0 Å². The lowest BCUT2D eigenvalue weighted by Gasteiger charge is -2.36. The van der Waals surface area contributed by atoms with E-state index in [-0.39, 0.29) is 6.03 Å². The minimum absolute atomic E-state index is 0.256. The molecule has 1 heterocycles. The van der Waals surface area contributed by atoms with E-state index in [0.29, 0.717) is 6.54 Å². The number of nitrogens with zero attached hydrogens (tertiary/aromatic N) is 1. The molecule has 132 valence electrons. The fourth-order valence-corrected chi connectivity index (χ4v) is 4.03. The zero-order chi connectivity index (χ0) is 16.8. The van der Waals surface area contributed by atoms with E-state index in [4.69, 9.17) is 0 Å². The molecule has 1 aromatic carbocycles. The molecule has 24 heavy (non-hydrogen) atoms. The Hall–Kier alpha value is -1.24. The van der Waals surface area contributed by atoms with Crippen LogP contribution in [0.5, 0.6) is 0 Å². The Morgan fingerprint density at radius 2 is 1.92 bits per heavy atom. The molecular weight excluding hydrogens is 322 g/mol. The summed E-state index contributed by atoms with van der Waals surface area (Å²) in [4.78, 5) is 14.4. The van der Waals surface area contributed by atoms with Gasteiger partial charge in [-0.15, -0.1) is 0 Å². The summed E-state index contributed by atoms with van der Waals surface area (Å²) in [5, 5.41) is 15.5. The van der Waals surface area contributed by atoms with Crippen LogP contribution in [-0.4, -0.2) is 59.3 Å². The molecule has 5 nitrogen and oxygen atoms in total. The maximum atomic E-state index is 11.9. The van der Waals surface area contributed by atoms with Crippen molar-refractivity contribution in [2.75, 3.05) is 43.0 Å².